The zero-order valence-electron chi connectivity index (χ0n) is 13.1. The number of fused-ring (bicyclic) bond motifs is 1. The van der Waals surface area contributed by atoms with Crippen LogP contribution in [-0.2, 0) is 13.6 Å². The lowest BCUT2D eigenvalue weighted by atomic mass is 10.2. The van der Waals surface area contributed by atoms with Crippen molar-refractivity contribution in [1.29, 1.82) is 0 Å². The molecule has 1 atom stereocenters. The Kier molecular flexibility index (Phi) is 4.06. The summed E-state index contributed by atoms with van der Waals surface area (Å²) in [6.45, 7) is 2.86. The summed E-state index contributed by atoms with van der Waals surface area (Å²) in [5.41, 5.74) is 3.29. The zero-order valence-corrected chi connectivity index (χ0v) is 13.1. The minimum absolute atomic E-state index is 0.152. The lowest BCUT2D eigenvalue weighted by molar-refractivity contribution is 0.397. The third-order valence-electron chi connectivity index (χ3n) is 3.83. The van der Waals surface area contributed by atoms with E-state index in [9.17, 15) is 0 Å². The third kappa shape index (κ3) is 2.80. The van der Waals surface area contributed by atoms with Crippen LogP contribution in [0.3, 0.4) is 0 Å². The van der Waals surface area contributed by atoms with Crippen molar-refractivity contribution >= 4 is 11.0 Å². The summed E-state index contributed by atoms with van der Waals surface area (Å²) in [5, 5.41) is 3.49. The number of imidazole rings is 1. The van der Waals surface area contributed by atoms with Crippen molar-refractivity contribution < 1.29 is 4.74 Å². The second-order valence-corrected chi connectivity index (χ2v) is 5.33. The number of benzene rings is 1. The Labute approximate surface area is 130 Å². The molecule has 0 aliphatic heterocycles. The van der Waals surface area contributed by atoms with Gasteiger partial charge < -0.3 is 14.6 Å². The molecule has 0 saturated heterocycles. The van der Waals surface area contributed by atoms with Gasteiger partial charge in [-0.05, 0) is 24.6 Å². The number of aromatic nitrogens is 3. The summed E-state index contributed by atoms with van der Waals surface area (Å²) in [6.07, 6.45) is 1.83. The van der Waals surface area contributed by atoms with Gasteiger partial charge in [0.25, 0.3) is 0 Å². The van der Waals surface area contributed by atoms with Crippen molar-refractivity contribution in [2.45, 2.75) is 19.5 Å². The molecule has 0 spiro atoms. The number of ether oxygens (including phenoxy) is 1. The number of methoxy groups -OCH3 is 1. The monoisotopic (exact) mass is 296 g/mol. The molecule has 2 aromatic heterocycles. The highest BCUT2D eigenvalue weighted by Crippen LogP contribution is 2.19. The molecule has 1 N–H and O–H groups in total. The molecule has 5 heteroatoms. The first-order valence-electron chi connectivity index (χ1n) is 7.32. The average molecular weight is 296 g/mol. The van der Waals surface area contributed by atoms with Gasteiger partial charge in [-0.15, -0.1) is 0 Å². The Morgan fingerprint density at radius 1 is 1.23 bits per heavy atom. The molecule has 0 saturated carbocycles. The summed E-state index contributed by atoms with van der Waals surface area (Å²) in [6, 6.07) is 12.2. The highest BCUT2D eigenvalue weighted by molar-refractivity contribution is 5.75. The predicted molar refractivity (Wildman–Crippen MR) is 86.8 cm³/mol. The smallest absolute Gasteiger partial charge is 0.212 e. The van der Waals surface area contributed by atoms with Crippen LogP contribution in [0, 0.1) is 0 Å². The number of nitrogens with zero attached hydrogens (tertiary/aromatic N) is 3. The molecular formula is C17H20N4O. The Balaban J connectivity index is 1.72. The quantitative estimate of drug-likeness (QED) is 0.786. The summed E-state index contributed by atoms with van der Waals surface area (Å²) < 4.78 is 7.21. The van der Waals surface area contributed by atoms with Crippen molar-refractivity contribution in [3.05, 3.63) is 54.0 Å². The summed E-state index contributed by atoms with van der Waals surface area (Å²) >= 11 is 0. The maximum Gasteiger partial charge on any atom is 0.212 e. The first kappa shape index (κ1) is 14.5. The number of para-hydroxylation sites is 2. The van der Waals surface area contributed by atoms with Crippen molar-refractivity contribution in [1.82, 2.24) is 19.9 Å². The highest BCUT2D eigenvalue weighted by Gasteiger charge is 2.13. The van der Waals surface area contributed by atoms with Crippen LogP contribution < -0.4 is 10.1 Å². The molecular weight excluding hydrogens is 276 g/mol. The van der Waals surface area contributed by atoms with E-state index in [-0.39, 0.29) is 6.04 Å². The lowest BCUT2D eigenvalue weighted by Gasteiger charge is -2.14. The molecule has 0 bridgehead atoms. The van der Waals surface area contributed by atoms with Crippen LogP contribution in [0.1, 0.15) is 24.4 Å². The van der Waals surface area contributed by atoms with E-state index in [1.165, 1.54) is 0 Å². The van der Waals surface area contributed by atoms with Crippen molar-refractivity contribution in [3.63, 3.8) is 0 Å². The van der Waals surface area contributed by atoms with Gasteiger partial charge >= 0.3 is 0 Å². The number of hydrogen-bond donors (Lipinski definition) is 1. The van der Waals surface area contributed by atoms with Gasteiger partial charge in [-0.3, -0.25) is 0 Å². The summed E-state index contributed by atoms with van der Waals surface area (Å²) in [4.78, 5) is 8.93. The number of nitrogens with one attached hydrogen (secondary N) is 1. The molecule has 114 valence electrons. The Morgan fingerprint density at radius 3 is 2.73 bits per heavy atom. The van der Waals surface area contributed by atoms with Crippen LogP contribution in [0.5, 0.6) is 5.88 Å². The van der Waals surface area contributed by atoms with Gasteiger partial charge in [0.05, 0.1) is 24.2 Å². The van der Waals surface area contributed by atoms with Crippen LogP contribution in [0.15, 0.2) is 42.6 Å². The van der Waals surface area contributed by atoms with E-state index >= 15 is 0 Å². The van der Waals surface area contributed by atoms with Gasteiger partial charge in [0.15, 0.2) is 0 Å². The highest BCUT2D eigenvalue weighted by atomic mass is 16.5. The van der Waals surface area contributed by atoms with Crippen molar-refractivity contribution in [3.8, 4) is 5.88 Å². The number of hydrogen-bond acceptors (Lipinski definition) is 4. The third-order valence-corrected chi connectivity index (χ3v) is 3.83. The van der Waals surface area contributed by atoms with E-state index in [4.69, 9.17) is 9.72 Å². The van der Waals surface area contributed by atoms with E-state index < -0.39 is 0 Å². The molecule has 0 fully saturated rings. The fraction of sp³-hybridized carbons (Fsp3) is 0.294. The fourth-order valence-electron chi connectivity index (χ4n) is 2.55. The summed E-state index contributed by atoms with van der Waals surface area (Å²) in [7, 11) is 3.67. The second kappa shape index (κ2) is 6.15. The van der Waals surface area contributed by atoms with Gasteiger partial charge in [-0.25, -0.2) is 9.97 Å². The maximum atomic E-state index is 5.07. The Hall–Kier alpha value is -2.40. The zero-order chi connectivity index (χ0) is 15.5. The molecule has 0 aliphatic rings. The first-order valence-corrected chi connectivity index (χ1v) is 7.32. The standard InChI is InChI=1S/C17H20N4O/c1-12(18-10-13-8-9-16(22-3)19-11-13)17-20-14-6-4-5-7-15(14)21(17)2/h4-9,11-12,18H,10H2,1-3H3. The molecule has 1 aromatic carbocycles. The fourth-order valence-corrected chi connectivity index (χ4v) is 2.55. The largest absolute Gasteiger partial charge is 0.481 e. The van der Waals surface area contributed by atoms with E-state index in [0.717, 1.165) is 29.0 Å². The predicted octanol–water partition coefficient (Wildman–Crippen LogP) is 2.83. The molecule has 0 amide bonds. The van der Waals surface area contributed by atoms with Crippen LogP contribution in [0.25, 0.3) is 11.0 Å². The molecule has 0 aliphatic carbocycles. The number of rotatable bonds is 5. The van der Waals surface area contributed by atoms with Crippen LogP contribution in [0.4, 0.5) is 0 Å². The van der Waals surface area contributed by atoms with Crippen LogP contribution >= 0.6 is 0 Å². The molecule has 2 heterocycles. The number of pyridine rings is 1. The molecule has 22 heavy (non-hydrogen) atoms. The van der Waals surface area contributed by atoms with Crippen molar-refractivity contribution in [2.24, 2.45) is 7.05 Å². The molecule has 3 aromatic rings. The van der Waals surface area contributed by atoms with Crippen molar-refractivity contribution in [2.75, 3.05) is 7.11 Å². The topological polar surface area (TPSA) is 52.0 Å². The lowest BCUT2D eigenvalue weighted by Crippen LogP contribution is -2.21. The number of aryl methyl sites for hydroxylation is 1. The normalized spacial score (nSPS) is 12.5. The SMILES string of the molecule is COc1ccc(CNC(C)c2nc3ccccc3n2C)cn1. The second-order valence-electron chi connectivity index (χ2n) is 5.33. The Morgan fingerprint density at radius 2 is 2.05 bits per heavy atom. The van der Waals surface area contributed by atoms with Gasteiger partial charge in [0.2, 0.25) is 5.88 Å². The van der Waals surface area contributed by atoms with Gasteiger partial charge in [0.1, 0.15) is 5.82 Å². The first-order chi connectivity index (χ1) is 10.7. The molecule has 3 rings (SSSR count). The average Bonchev–Trinajstić information content (AvgIpc) is 2.90. The van der Waals surface area contributed by atoms with Gasteiger partial charge in [0, 0.05) is 25.9 Å². The van der Waals surface area contributed by atoms with Gasteiger partial charge in [-0.2, -0.15) is 0 Å². The van der Waals surface area contributed by atoms with Gasteiger partial charge in [-0.1, -0.05) is 18.2 Å². The molecule has 0 radical (unpaired) electrons. The molecule has 5 nitrogen and oxygen atoms in total. The Bertz CT molecular complexity index is 764. The molecule has 1 unspecified atom stereocenters. The van der Waals surface area contributed by atoms with Crippen LogP contribution in [-0.4, -0.2) is 21.6 Å². The summed E-state index contributed by atoms with van der Waals surface area (Å²) in [5.74, 6) is 1.66. The van der Waals surface area contributed by atoms with Crippen LogP contribution in [0.2, 0.25) is 0 Å². The minimum atomic E-state index is 0.152. The van der Waals surface area contributed by atoms with E-state index in [1.807, 2.05) is 36.5 Å². The minimum Gasteiger partial charge on any atom is -0.481 e. The van der Waals surface area contributed by atoms with E-state index in [0.29, 0.717) is 5.88 Å². The van der Waals surface area contributed by atoms with E-state index in [2.05, 4.69) is 34.9 Å². The van der Waals surface area contributed by atoms with E-state index in [1.54, 1.807) is 7.11 Å². The maximum absolute atomic E-state index is 5.07.